The zero-order valence-corrected chi connectivity index (χ0v) is 6.95. The fourth-order valence-electron chi connectivity index (χ4n) is 0.599. The molecule has 0 spiro atoms. The molecule has 0 radical (unpaired) electrons. The van der Waals surface area contributed by atoms with Gasteiger partial charge < -0.3 is 0 Å². The van der Waals surface area contributed by atoms with Gasteiger partial charge in [-0.05, 0) is 18.6 Å². The van der Waals surface area contributed by atoms with Crippen LogP contribution < -0.4 is 0 Å². The van der Waals surface area contributed by atoms with Crippen molar-refractivity contribution in [3.05, 3.63) is 22.5 Å². The van der Waals surface area contributed by atoms with Gasteiger partial charge in [0, 0.05) is 5.88 Å². The average Bonchev–Trinajstić information content (AvgIpc) is 1.94. The van der Waals surface area contributed by atoms with E-state index in [0.29, 0.717) is 11.0 Å². The van der Waals surface area contributed by atoms with Crippen LogP contribution in [0.5, 0.6) is 0 Å². The molecule has 0 bridgehead atoms. The number of rotatable bonds is 1. The molecule has 1 rings (SSSR count). The molecule has 0 aromatic carbocycles. The highest BCUT2D eigenvalue weighted by molar-refractivity contribution is 6.29. The molecule has 2 nitrogen and oxygen atoms in total. The van der Waals surface area contributed by atoms with Crippen molar-refractivity contribution in [2.75, 3.05) is 0 Å². The molecular weight excluding hydrogens is 171 g/mol. The Morgan fingerprint density at radius 1 is 1.50 bits per heavy atom. The normalized spacial score (nSPS) is 9.90. The quantitative estimate of drug-likeness (QED) is 0.614. The average molecular weight is 177 g/mol. The van der Waals surface area contributed by atoms with E-state index in [2.05, 4.69) is 10.2 Å². The molecule has 1 heterocycles. The van der Waals surface area contributed by atoms with Crippen LogP contribution >= 0.6 is 23.2 Å². The van der Waals surface area contributed by atoms with Crippen molar-refractivity contribution in [3.8, 4) is 0 Å². The summed E-state index contributed by atoms with van der Waals surface area (Å²) in [5.74, 6) is 0.432. The molecule has 0 atom stereocenters. The van der Waals surface area contributed by atoms with Crippen LogP contribution in [0.2, 0.25) is 5.15 Å². The van der Waals surface area contributed by atoms with Gasteiger partial charge in [-0.3, -0.25) is 0 Å². The van der Waals surface area contributed by atoms with Gasteiger partial charge >= 0.3 is 0 Å². The summed E-state index contributed by atoms with van der Waals surface area (Å²) >= 11 is 11.1. The van der Waals surface area contributed by atoms with E-state index in [0.717, 1.165) is 11.3 Å². The Hall–Kier alpha value is -0.340. The lowest BCUT2D eigenvalue weighted by atomic mass is 10.2. The van der Waals surface area contributed by atoms with Crippen LogP contribution in [0.4, 0.5) is 0 Å². The van der Waals surface area contributed by atoms with Crippen molar-refractivity contribution in [3.63, 3.8) is 0 Å². The van der Waals surface area contributed by atoms with Crippen LogP contribution in [0.1, 0.15) is 11.3 Å². The highest BCUT2D eigenvalue weighted by Crippen LogP contribution is 2.11. The second-order valence-corrected chi connectivity index (χ2v) is 2.57. The van der Waals surface area contributed by atoms with E-state index in [1.54, 1.807) is 6.07 Å². The van der Waals surface area contributed by atoms with E-state index in [1.165, 1.54) is 0 Å². The largest absolute Gasteiger partial charge is 0.154 e. The summed E-state index contributed by atoms with van der Waals surface area (Å²) in [7, 11) is 0. The van der Waals surface area contributed by atoms with Crippen molar-refractivity contribution < 1.29 is 0 Å². The van der Waals surface area contributed by atoms with Crippen LogP contribution in [-0.2, 0) is 5.88 Å². The van der Waals surface area contributed by atoms with E-state index in [4.69, 9.17) is 23.2 Å². The van der Waals surface area contributed by atoms with Crippen LogP contribution in [-0.4, -0.2) is 10.2 Å². The maximum absolute atomic E-state index is 5.58. The monoisotopic (exact) mass is 176 g/mol. The fraction of sp³-hybridized carbons (Fsp3) is 0.333. The topological polar surface area (TPSA) is 25.8 Å². The fourth-order valence-corrected chi connectivity index (χ4v) is 1.04. The molecule has 1 aromatic rings. The maximum Gasteiger partial charge on any atom is 0.152 e. The van der Waals surface area contributed by atoms with Crippen molar-refractivity contribution in [2.24, 2.45) is 0 Å². The third-order valence-electron chi connectivity index (χ3n) is 1.20. The first-order valence-electron chi connectivity index (χ1n) is 2.78. The molecule has 54 valence electrons. The number of nitrogens with zero attached hydrogens (tertiary/aromatic N) is 2. The predicted molar refractivity (Wildman–Crippen MR) is 41.3 cm³/mol. The first-order chi connectivity index (χ1) is 4.74. The van der Waals surface area contributed by atoms with Crippen LogP contribution in [0.3, 0.4) is 0 Å². The summed E-state index contributed by atoms with van der Waals surface area (Å²) in [6, 6.07) is 1.72. The smallest absolute Gasteiger partial charge is 0.152 e. The molecule has 4 heteroatoms. The molecule has 0 saturated heterocycles. The molecule has 0 unspecified atom stereocenters. The Balaban J connectivity index is 3.09. The Morgan fingerprint density at radius 2 is 2.20 bits per heavy atom. The van der Waals surface area contributed by atoms with Crippen LogP contribution in [0.15, 0.2) is 6.07 Å². The molecular formula is C6H6Cl2N2. The summed E-state index contributed by atoms with van der Waals surface area (Å²) < 4.78 is 0. The summed E-state index contributed by atoms with van der Waals surface area (Å²) in [5.41, 5.74) is 1.76. The molecule has 1 aromatic heterocycles. The lowest BCUT2D eigenvalue weighted by Crippen LogP contribution is -1.92. The number of alkyl halides is 1. The second kappa shape index (κ2) is 3.17. The van der Waals surface area contributed by atoms with Gasteiger partial charge in [0.25, 0.3) is 0 Å². The van der Waals surface area contributed by atoms with Crippen molar-refractivity contribution in [2.45, 2.75) is 12.8 Å². The van der Waals surface area contributed by atoms with E-state index >= 15 is 0 Å². The zero-order chi connectivity index (χ0) is 7.56. The SMILES string of the molecule is Cc1nnc(Cl)cc1CCl. The van der Waals surface area contributed by atoms with Gasteiger partial charge in [0.1, 0.15) is 0 Å². The van der Waals surface area contributed by atoms with Gasteiger partial charge in [-0.15, -0.1) is 16.7 Å². The molecule has 0 fully saturated rings. The Kier molecular flexibility index (Phi) is 2.46. The molecule has 0 saturated carbocycles. The minimum Gasteiger partial charge on any atom is -0.154 e. The first kappa shape index (κ1) is 7.76. The highest BCUT2D eigenvalue weighted by atomic mass is 35.5. The molecule has 0 aliphatic heterocycles. The van der Waals surface area contributed by atoms with Gasteiger partial charge in [0.15, 0.2) is 5.15 Å². The standard InChI is InChI=1S/C6H6Cl2N2/c1-4-5(3-7)2-6(8)10-9-4/h2H,3H2,1H3. The minimum absolute atomic E-state index is 0.390. The molecule has 0 amide bonds. The minimum atomic E-state index is 0.390. The van der Waals surface area contributed by atoms with Gasteiger partial charge in [0.05, 0.1) is 5.69 Å². The van der Waals surface area contributed by atoms with Crippen molar-refractivity contribution >= 4 is 23.2 Å². The van der Waals surface area contributed by atoms with Gasteiger partial charge in [-0.2, -0.15) is 5.10 Å². The van der Waals surface area contributed by atoms with E-state index < -0.39 is 0 Å². The predicted octanol–water partition coefficient (Wildman–Crippen LogP) is 2.18. The second-order valence-electron chi connectivity index (χ2n) is 1.91. The van der Waals surface area contributed by atoms with Gasteiger partial charge in [0.2, 0.25) is 0 Å². The van der Waals surface area contributed by atoms with Crippen molar-refractivity contribution in [1.29, 1.82) is 0 Å². The van der Waals surface area contributed by atoms with Crippen LogP contribution in [0.25, 0.3) is 0 Å². The first-order valence-corrected chi connectivity index (χ1v) is 3.70. The van der Waals surface area contributed by atoms with Gasteiger partial charge in [-0.1, -0.05) is 11.6 Å². The maximum atomic E-state index is 5.58. The van der Waals surface area contributed by atoms with E-state index in [9.17, 15) is 0 Å². The van der Waals surface area contributed by atoms with E-state index in [-0.39, 0.29) is 0 Å². The van der Waals surface area contributed by atoms with Gasteiger partial charge in [-0.25, -0.2) is 0 Å². The Labute approximate surface area is 69.2 Å². The van der Waals surface area contributed by atoms with Crippen molar-refractivity contribution in [1.82, 2.24) is 10.2 Å². The number of hydrogen-bond donors (Lipinski definition) is 0. The zero-order valence-electron chi connectivity index (χ0n) is 5.43. The summed E-state index contributed by atoms with van der Waals surface area (Å²) in [5, 5.41) is 7.82. The molecule has 0 N–H and O–H groups in total. The lowest BCUT2D eigenvalue weighted by Gasteiger charge is -1.97. The number of aryl methyl sites for hydroxylation is 1. The third kappa shape index (κ3) is 1.58. The number of hydrogen-bond acceptors (Lipinski definition) is 2. The Bertz CT molecular complexity index is 237. The molecule has 0 aliphatic carbocycles. The number of halogens is 2. The molecule has 10 heavy (non-hydrogen) atoms. The third-order valence-corrected chi connectivity index (χ3v) is 1.67. The Morgan fingerprint density at radius 3 is 2.70 bits per heavy atom. The van der Waals surface area contributed by atoms with E-state index in [1.807, 2.05) is 6.92 Å². The molecule has 0 aliphatic rings. The highest BCUT2D eigenvalue weighted by Gasteiger charge is 1.98. The summed E-state index contributed by atoms with van der Waals surface area (Å²) in [4.78, 5) is 0. The summed E-state index contributed by atoms with van der Waals surface area (Å²) in [6.07, 6.45) is 0. The van der Waals surface area contributed by atoms with Crippen LogP contribution in [0, 0.1) is 6.92 Å². The summed E-state index contributed by atoms with van der Waals surface area (Å²) in [6.45, 7) is 1.85. The lowest BCUT2D eigenvalue weighted by molar-refractivity contribution is 0.957. The number of aromatic nitrogens is 2.